The van der Waals surface area contributed by atoms with Crippen molar-refractivity contribution in [3.05, 3.63) is 57.0 Å². The summed E-state index contributed by atoms with van der Waals surface area (Å²) in [7, 11) is 0. The number of rotatable bonds is 2. The van der Waals surface area contributed by atoms with Gasteiger partial charge in [-0.05, 0) is 43.7 Å². The first-order valence-corrected chi connectivity index (χ1v) is 8.02. The van der Waals surface area contributed by atoms with Crippen molar-refractivity contribution in [2.45, 2.75) is 33.2 Å². The van der Waals surface area contributed by atoms with E-state index in [0.29, 0.717) is 16.5 Å². The molecule has 0 radical (unpaired) electrons. The standard InChI is InChI=1S/C17H16Cl2N2O2/c1-9-6-13(10(2)23-9)16-8-17(21(20-16)11(3)22)14-7-12(18)4-5-15(14)19/h4-7,17H,8H2,1-3H3. The largest absolute Gasteiger partial charge is 0.466 e. The van der Waals surface area contributed by atoms with Gasteiger partial charge in [0, 0.05) is 29.0 Å². The van der Waals surface area contributed by atoms with Crippen LogP contribution < -0.4 is 0 Å². The van der Waals surface area contributed by atoms with E-state index < -0.39 is 0 Å². The molecule has 2 heterocycles. The van der Waals surface area contributed by atoms with Gasteiger partial charge in [-0.3, -0.25) is 4.79 Å². The number of amides is 1. The zero-order valence-corrected chi connectivity index (χ0v) is 14.6. The summed E-state index contributed by atoms with van der Waals surface area (Å²) in [5.41, 5.74) is 2.54. The van der Waals surface area contributed by atoms with Crippen molar-refractivity contribution >= 4 is 34.8 Å². The summed E-state index contributed by atoms with van der Waals surface area (Å²) in [6.45, 7) is 5.27. The van der Waals surface area contributed by atoms with Crippen molar-refractivity contribution in [2.75, 3.05) is 0 Å². The van der Waals surface area contributed by atoms with E-state index in [1.54, 1.807) is 18.2 Å². The molecule has 2 aromatic rings. The number of hydrogen-bond acceptors (Lipinski definition) is 3. The summed E-state index contributed by atoms with van der Waals surface area (Å²) in [4.78, 5) is 12.0. The molecule has 1 unspecified atom stereocenters. The Labute approximate surface area is 144 Å². The quantitative estimate of drug-likeness (QED) is 0.772. The van der Waals surface area contributed by atoms with Gasteiger partial charge in [0.2, 0.25) is 5.91 Å². The number of carbonyl (C=O) groups excluding carboxylic acids is 1. The Morgan fingerprint density at radius 3 is 2.65 bits per heavy atom. The van der Waals surface area contributed by atoms with Gasteiger partial charge < -0.3 is 4.42 Å². The molecule has 1 amide bonds. The first-order chi connectivity index (χ1) is 10.9. The first-order valence-electron chi connectivity index (χ1n) is 7.26. The number of halogens is 2. The van der Waals surface area contributed by atoms with Crippen molar-refractivity contribution in [3.8, 4) is 0 Å². The minimum atomic E-state index is -0.261. The van der Waals surface area contributed by atoms with Crippen molar-refractivity contribution in [1.82, 2.24) is 5.01 Å². The molecule has 0 saturated heterocycles. The predicted molar refractivity (Wildman–Crippen MR) is 91.1 cm³/mol. The van der Waals surface area contributed by atoms with Crippen molar-refractivity contribution in [1.29, 1.82) is 0 Å². The molecule has 1 atom stereocenters. The number of carbonyl (C=O) groups is 1. The van der Waals surface area contributed by atoms with E-state index in [4.69, 9.17) is 27.6 Å². The maximum absolute atomic E-state index is 12.0. The number of furan rings is 1. The fraction of sp³-hybridized carbons (Fsp3) is 0.294. The van der Waals surface area contributed by atoms with E-state index in [-0.39, 0.29) is 11.9 Å². The SMILES string of the molecule is CC(=O)N1N=C(c2cc(C)oc2C)CC1c1cc(Cl)ccc1Cl. The zero-order valence-electron chi connectivity index (χ0n) is 13.1. The minimum Gasteiger partial charge on any atom is -0.466 e. The predicted octanol–water partition coefficient (Wildman–Crippen LogP) is 4.90. The topological polar surface area (TPSA) is 45.8 Å². The average molecular weight is 351 g/mol. The molecule has 4 nitrogen and oxygen atoms in total. The third-order valence-corrected chi connectivity index (χ3v) is 4.48. The fourth-order valence-electron chi connectivity index (χ4n) is 2.89. The summed E-state index contributed by atoms with van der Waals surface area (Å²) in [5.74, 6) is 1.47. The lowest BCUT2D eigenvalue weighted by Gasteiger charge is -2.21. The van der Waals surface area contributed by atoms with Gasteiger partial charge in [-0.25, -0.2) is 5.01 Å². The van der Waals surface area contributed by atoms with Crippen LogP contribution >= 0.6 is 23.2 Å². The van der Waals surface area contributed by atoms with E-state index in [9.17, 15) is 4.79 Å². The van der Waals surface area contributed by atoms with Gasteiger partial charge >= 0.3 is 0 Å². The van der Waals surface area contributed by atoms with Gasteiger partial charge in [0.1, 0.15) is 11.5 Å². The third kappa shape index (κ3) is 3.01. The van der Waals surface area contributed by atoms with Crippen LogP contribution in [0, 0.1) is 13.8 Å². The molecule has 3 rings (SSSR count). The van der Waals surface area contributed by atoms with Gasteiger partial charge in [0.25, 0.3) is 0 Å². The summed E-state index contributed by atoms with van der Waals surface area (Å²) in [6, 6.07) is 6.93. The monoisotopic (exact) mass is 350 g/mol. The second-order valence-corrected chi connectivity index (χ2v) is 6.47. The maximum Gasteiger partial charge on any atom is 0.240 e. The van der Waals surface area contributed by atoms with Crippen molar-refractivity contribution in [3.63, 3.8) is 0 Å². The molecular formula is C17H16Cl2N2O2. The van der Waals surface area contributed by atoms with Crippen LogP contribution in [0.4, 0.5) is 0 Å². The molecule has 0 fully saturated rings. The Hall–Kier alpha value is -1.78. The van der Waals surface area contributed by atoms with Crippen molar-refractivity contribution < 1.29 is 9.21 Å². The summed E-state index contributed by atoms with van der Waals surface area (Å²) in [6.07, 6.45) is 0.569. The van der Waals surface area contributed by atoms with Gasteiger partial charge in [0.05, 0.1) is 11.8 Å². The molecule has 1 aromatic heterocycles. The molecule has 1 aromatic carbocycles. The summed E-state index contributed by atoms with van der Waals surface area (Å²) in [5, 5.41) is 7.12. The Balaban J connectivity index is 2.02. The molecule has 0 N–H and O–H groups in total. The van der Waals surface area contributed by atoms with Gasteiger partial charge in [0.15, 0.2) is 0 Å². The minimum absolute atomic E-state index is 0.140. The van der Waals surface area contributed by atoms with Crippen LogP contribution in [0.5, 0.6) is 0 Å². The van der Waals surface area contributed by atoms with E-state index in [1.165, 1.54) is 11.9 Å². The lowest BCUT2D eigenvalue weighted by Crippen LogP contribution is -2.24. The second-order valence-electron chi connectivity index (χ2n) is 5.62. The highest BCUT2D eigenvalue weighted by Gasteiger charge is 2.33. The molecule has 6 heteroatoms. The van der Waals surface area contributed by atoms with Crippen LogP contribution in [0.25, 0.3) is 0 Å². The molecular weight excluding hydrogens is 335 g/mol. The highest BCUT2D eigenvalue weighted by Crippen LogP contribution is 2.38. The Morgan fingerprint density at radius 2 is 2.04 bits per heavy atom. The van der Waals surface area contributed by atoms with Gasteiger partial charge in [-0.2, -0.15) is 5.10 Å². The molecule has 0 aliphatic carbocycles. The van der Waals surface area contributed by atoms with Crippen molar-refractivity contribution in [2.24, 2.45) is 5.10 Å². The summed E-state index contributed by atoms with van der Waals surface area (Å²) >= 11 is 12.4. The average Bonchev–Trinajstić information content (AvgIpc) is 3.05. The normalized spacial score (nSPS) is 17.5. The van der Waals surface area contributed by atoms with Crippen LogP contribution in [0.3, 0.4) is 0 Å². The van der Waals surface area contributed by atoms with E-state index in [0.717, 1.165) is 28.4 Å². The Morgan fingerprint density at radius 1 is 1.30 bits per heavy atom. The highest BCUT2D eigenvalue weighted by molar-refractivity contribution is 6.33. The lowest BCUT2D eigenvalue weighted by atomic mass is 9.98. The number of nitrogens with zero attached hydrogens (tertiary/aromatic N) is 2. The van der Waals surface area contributed by atoms with Gasteiger partial charge in [-0.15, -0.1) is 0 Å². The summed E-state index contributed by atoms with van der Waals surface area (Å²) < 4.78 is 5.57. The van der Waals surface area contributed by atoms with E-state index in [1.807, 2.05) is 19.9 Å². The van der Waals surface area contributed by atoms with Crippen LogP contribution in [-0.4, -0.2) is 16.6 Å². The maximum atomic E-state index is 12.0. The van der Waals surface area contributed by atoms with Crippen LogP contribution in [0.15, 0.2) is 33.8 Å². The molecule has 120 valence electrons. The molecule has 1 aliphatic heterocycles. The Kier molecular flexibility index (Phi) is 4.21. The smallest absolute Gasteiger partial charge is 0.240 e. The molecule has 23 heavy (non-hydrogen) atoms. The molecule has 0 bridgehead atoms. The first kappa shape index (κ1) is 16.1. The highest BCUT2D eigenvalue weighted by atomic mass is 35.5. The lowest BCUT2D eigenvalue weighted by molar-refractivity contribution is -0.130. The van der Waals surface area contributed by atoms with Crippen LogP contribution in [-0.2, 0) is 4.79 Å². The number of benzene rings is 1. The van der Waals surface area contributed by atoms with Crippen LogP contribution in [0.1, 0.15) is 42.0 Å². The van der Waals surface area contributed by atoms with Gasteiger partial charge in [-0.1, -0.05) is 23.2 Å². The number of hydrazone groups is 1. The molecule has 0 saturated carbocycles. The van der Waals surface area contributed by atoms with E-state index in [2.05, 4.69) is 5.10 Å². The third-order valence-electron chi connectivity index (χ3n) is 3.90. The fourth-order valence-corrected chi connectivity index (χ4v) is 3.32. The van der Waals surface area contributed by atoms with E-state index >= 15 is 0 Å². The van der Waals surface area contributed by atoms with Crippen LogP contribution in [0.2, 0.25) is 10.0 Å². The molecule has 0 spiro atoms. The second kappa shape index (κ2) is 6.02. The number of hydrogen-bond donors (Lipinski definition) is 0. The zero-order chi connectivity index (χ0) is 16.7. The number of aryl methyl sites for hydroxylation is 2. The molecule has 1 aliphatic rings. The Bertz CT molecular complexity index is 811.